The van der Waals surface area contributed by atoms with Crippen LogP contribution in [0.4, 0.5) is 5.69 Å². The summed E-state index contributed by atoms with van der Waals surface area (Å²) < 4.78 is 0. The molecule has 1 fully saturated rings. The van der Waals surface area contributed by atoms with Gasteiger partial charge in [-0.2, -0.15) is 5.26 Å². The highest BCUT2D eigenvalue weighted by molar-refractivity contribution is 6.06. The van der Waals surface area contributed by atoms with Crippen LogP contribution in [0.25, 0.3) is 0 Å². The van der Waals surface area contributed by atoms with Gasteiger partial charge in [-0.1, -0.05) is 0 Å². The number of nitriles is 1. The number of hydrogen-bond donors (Lipinski definition) is 2. The molecule has 1 aromatic carbocycles. The lowest BCUT2D eigenvalue weighted by atomic mass is 9.96. The summed E-state index contributed by atoms with van der Waals surface area (Å²) in [7, 11) is 0. The third-order valence-corrected chi connectivity index (χ3v) is 4.16. The van der Waals surface area contributed by atoms with Crippen molar-refractivity contribution in [3.63, 3.8) is 0 Å². The Morgan fingerprint density at radius 2 is 1.84 bits per heavy atom. The lowest BCUT2D eigenvalue weighted by Crippen LogP contribution is -2.36. The largest absolute Gasteiger partial charge is 0.376 e. The topological polar surface area (TPSA) is 116 Å². The number of nitrogens with zero attached hydrogens (tertiary/aromatic N) is 2. The molecule has 0 atom stereocenters. The van der Waals surface area contributed by atoms with Crippen molar-refractivity contribution in [2.75, 3.05) is 18.4 Å². The summed E-state index contributed by atoms with van der Waals surface area (Å²) in [6.07, 6.45) is 2.73. The van der Waals surface area contributed by atoms with Crippen LogP contribution in [0.1, 0.15) is 30.1 Å². The Bertz CT molecular complexity index is 739. The molecule has 1 heterocycles. The van der Waals surface area contributed by atoms with Crippen LogP contribution in [0, 0.1) is 17.2 Å². The Hall–Kier alpha value is -3.14. The summed E-state index contributed by atoms with van der Waals surface area (Å²) in [6.45, 7) is 2.60. The first-order valence-electron chi connectivity index (χ1n) is 7.98. The van der Waals surface area contributed by atoms with Crippen LogP contribution in [0.15, 0.2) is 36.0 Å². The molecule has 0 spiro atoms. The Labute approximate surface area is 146 Å². The number of amides is 2. The molecule has 0 bridgehead atoms. The van der Waals surface area contributed by atoms with E-state index in [1.165, 1.54) is 13.1 Å². The maximum Gasteiger partial charge on any atom is 0.267 e. The fourth-order valence-corrected chi connectivity index (χ4v) is 2.62. The lowest BCUT2D eigenvalue weighted by molar-refractivity contribution is -0.123. The number of primary amides is 1. The SMILES string of the molecule is CC(=O)c1ccc(NC(=O)/C(C#N)=C\N2CCC(C(N)=O)CC2)cc1. The minimum atomic E-state index is -0.518. The number of carbonyl (C=O) groups excluding carboxylic acids is 3. The zero-order valence-corrected chi connectivity index (χ0v) is 14.0. The Morgan fingerprint density at radius 1 is 1.24 bits per heavy atom. The number of anilines is 1. The smallest absolute Gasteiger partial charge is 0.267 e. The van der Waals surface area contributed by atoms with Crippen molar-refractivity contribution in [2.45, 2.75) is 19.8 Å². The number of rotatable bonds is 5. The van der Waals surface area contributed by atoms with Crippen molar-refractivity contribution in [1.29, 1.82) is 5.26 Å². The van der Waals surface area contributed by atoms with Gasteiger partial charge in [-0.25, -0.2) is 0 Å². The monoisotopic (exact) mass is 340 g/mol. The highest BCUT2D eigenvalue weighted by Gasteiger charge is 2.22. The molecule has 0 aliphatic carbocycles. The molecule has 2 amide bonds. The molecule has 1 aliphatic rings. The van der Waals surface area contributed by atoms with Gasteiger partial charge in [-0.05, 0) is 44.0 Å². The molecule has 1 aromatic rings. The van der Waals surface area contributed by atoms with Crippen LogP contribution in [-0.4, -0.2) is 35.6 Å². The van der Waals surface area contributed by atoms with Crippen LogP contribution in [0.5, 0.6) is 0 Å². The van der Waals surface area contributed by atoms with Crippen molar-refractivity contribution in [1.82, 2.24) is 4.90 Å². The first kappa shape index (κ1) is 18.2. The number of hydrogen-bond acceptors (Lipinski definition) is 5. The molecule has 1 aliphatic heterocycles. The second-order valence-electron chi connectivity index (χ2n) is 5.95. The van der Waals surface area contributed by atoms with Gasteiger partial charge in [0.1, 0.15) is 11.6 Å². The van der Waals surface area contributed by atoms with E-state index in [4.69, 9.17) is 5.73 Å². The van der Waals surface area contributed by atoms with Gasteiger partial charge in [0.25, 0.3) is 5.91 Å². The van der Waals surface area contributed by atoms with Crippen LogP contribution in [-0.2, 0) is 9.59 Å². The van der Waals surface area contributed by atoms with E-state index in [1.807, 2.05) is 11.0 Å². The maximum atomic E-state index is 12.2. The molecule has 3 N–H and O–H groups in total. The summed E-state index contributed by atoms with van der Waals surface area (Å²) in [5, 5.41) is 11.9. The number of ketones is 1. The van der Waals surface area contributed by atoms with Gasteiger partial charge >= 0.3 is 0 Å². The molecular weight excluding hydrogens is 320 g/mol. The highest BCUT2D eigenvalue weighted by Crippen LogP contribution is 2.18. The molecule has 130 valence electrons. The number of Topliss-reactive ketones (excluding diaryl/α,β-unsaturated/α-hetero) is 1. The lowest BCUT2D eigenvalue weighted by Gasteiger charge is -2.29. The molecule has 7 heteroatoms. The first-order valence-corrected chi connectivity index (χ1v) is 7.98. The Balaban J connectivity index is 2.00. The maximum absolute atomic E-state index is 12.2. The summed E-state index contributed by atoms with van der Waals surface area (Å²) in [5.41, 5.74) is 6.32. The van der Waals surface area contributed by atoms with Gasteiger partial charge in [0.15, 0.2) is 5.78 Å². The van der Waals surface area contributed by atoms with E-state index in [0.717, 1.165) is 0 Å². The van der Waals surface area contributed by atoms with Gasteiger partial charge in [0, 0.05) is 36.5 Å². The number of nitrogens with two attached hydrogens (primary N) is 1. The third kappa shape index (κ3) is 4.91. The van der Waals surface area contributed by atoms with Crippen molar-refractivity contribution in [3.05, 3.63) is 41.6 Å². The van der Waals surface area contributed by atoms with Crippen molar-refractivity contribution >= 4 is 23.3 Å². The van der Waals surface area contributed by atoms with Crippen LogP contribution in [0.2, 0.25) is 0 Å². The van der Waals surface area contributed by atoms with Gasteiger partial charge in [-0.15, -0.1) is 0 Å². The number of likely N-dealkylation sites (tertiary alicyclic amines) is 1. The molecule has 2 rings (SSSR count). The van der Waals surface area contributed by atoms with Crippen LogP contribution in [0.3, 0.4) is 0 Å². The quantitative estimate of drug-likeness (QED) is 0.478. The van der Waals surface area contributed by atoms with Crippen LogP contribution >= 0.6 is 0 Å². The summed E-state index contributed by atoms with van der Waals surface area (Å²) in [6, 6.07) is 8.35. The predicted octanol–water partition coefficient (Wildman–Crippen LogP) is 1.43. The molecule has 25 heavy (non-hydrogen) atoms. The average molecular weight is 340 g/mol. The normalized spacial score (nSPS) is 15.4. The van der Waals surface area contributed by atoms with E-state index in [0.29, 0.717) is 37.2 Å². The molecule has 1 saturated heterocycles. The van der Waals surface area contributed by atoms with Crippen LogP contribution < -0.4 is 11.1 Å². The molecule has 0 radical (unpaired) electrons. The van der Waals surface area contributed by atoms with E-state index in [-0.39, 0.29) is 23.2 Å². The molecule has 0 aromatic heterocycles. The van der Waals surface area contributed by atoms with E-state index in [1.54, 1.807) is 24.3 Å². The zero-order valence-electron chi connectivity index (χ0n) is 14.0. The van der Waals surface area contributed by atoms with E-state index in [9.17, 15) is 19.6 Å². The minimum Gasteiger partial charge on any atom is -0.376 e. The Morgan fingerprint density at radius 3 is 2.32 bits per heavy atom. The van der Waals surface area contributed by atoms with E-state index >= 15 is 0 Å². The standard InChI is InChI=1S/C18H20N4O3/c1-12(23)13-2-4-16(5-3-13)21-18(25)15(10-19)11-22-8-6-14(7-9-22)17(20)24/h2-5,11,14H,6-9H2,1H3,(H2,20,24)(H,21,25)/b15-11-. The second-order valence-corrected chi connectivity index (χ2v) is 5.95. The molecular formula is C18H20N4O3. The van der Waals surface area contributed by atoms with Gasteiger partial charge in [0.05, 0.1) is 0 Å². The van der Waals surface area contributed by atoms with Gasteiger partial charge in [-0.3, -0.25) is 14.4 Å². The molecule has 0 saturated carbocycles. The van der Waals surface area contributed by atoms with Gasteiger partial charge < -0.3 is 16.0 Å². The summed E-state index contributed by atoms with van der Waals surface area (Å²) in [5.74, 6) is -1.04. The number of carbonyl (C=O) groups is 3. The van der Waals surface area contributed by atoms with Crippen molar-refractivity contribution in [3.8, 4) is 6.07 Å². The average Bonchev–Trinajstić information content (AvgIpc) is 2.60. The van der Waals surface area contributed by atoms with Crippen molar-refractivity contribution < 1.29 is 14.4 Å². The first-order chi connectivity index (χ1) is 11.9. The summed E-state index contributed by atoms with van der Waals surface area (Å²) in [4.78, 5) is 36.5. The fourth-order valence-electron chi connectivity index (χ4n) is 2.62. The highest BCUT2D eigenvalue weighted by atomic mass is 16.2. The van der Waals surface area contributed by atoms with E-state index < -0.39 is 5.91 Å². The minimum absolute atomic E-state index is 0.0202. The third-order valence-electron chi connectivity index (χ3n) is 4.16. The fraction of sp³-hybridized carbons (Fsp3) is 0.333. The Kier molecular flexibility index (Phi) is 5.90. The predicted molar refractivity (Wildman–Crippen MR) is 92.3 cm³/mol. The molecule has 0 unspecified atom stereocenters. The van der Waals surface area contributed by atoms with Gasteiger partial charge in [0.2, 0.25) is 5.91 Å². The van der Waals surface area contributed by atoms with Crippen molar-refractivity contribution in [2.24, 2.45) is 11.7 Å². The number of piperidine rings is 1. The second kappa shape index (κ2) is 8.11. The number of nitrogens with one attached hydrogen (secondary N) is 1. The zero-order chi connectivity index (χ0) is 18.4. The van der Waals surface area contributed by atoms with E-state index in [2.05, 4.69) is 5.32 Å². The number of benzene rings is 1. The molecule has 7 nitrogen and oxygen atoms in total. The summed E-state index contributed by atoms with van der Waals surface area (Å²) >= 11 is 0.